The summed E-state index contributed by atoms with van der Waals surface area (Å²) >= 11 is 0. The van der Waals surface area contributed by atoms with E-state index in [1.165, 1.54) is 20.1 Å². The molecule has 0 bridgehead atoms. The molecule has 1 saturated heterocycles. The second kappa shape index (κ2) is 9.07. The number of benzene rings is 1. The average molecular weight is 451 g/mol. The van der Waals surface area contributed by atoms with Crippen LogP contribution in [0.3, 0.4) is 0 Å². The molecule has 0 saturated carbocycles. The van der Waals surface area contributed by atoms with Gasteiger partial charge in [0.1, 0.15) is 47.6 Å². The van der Waals surface area contributed by atoms with Crippen molar-refractivity contribution < 1.29 is 38.8 Å². The number of oxime groups is 1. The third-order valence-electron chi connectivity index (χ3n) is 5.48. The van der Waals surface area contributed by atoms with Crippen LogP contribution < -0.4 is 10.4 Å². The fourth-order valence-electron chi connectivity index (χ4n) is 3.85. The van der Waals surface area contributed by atoms with Crippen LogP contribution in [0, 0.1) is 6.92 Å². The van der Waals surface area contributed by atoms with Crippen molar-refractivity contribution in [3.63, 3.8) is 0 Å². The second-order valence-corrected chi connectivity index (χ2v) is 8.12. The Bertz CT molecular complexity index is 1080. The number of aliphatic hydroxyl groups is 2. The van der Waals surface area contributed by atoms with E-state index in [9.17, 15) is 20.1 Å². The number of fused-ring (bicyclic) bond motifs is 1. The van der Waals surface area contributed by atoms with E-state index in [0.717, 1.165) is 0 Å². The predicted molar refractivity (Wildman–Crippen MR) is 115 cm³/mol. The number of aliphatic hydroxyl groups excluding tert-OH is 2. The summed E-state index contributed by atoms with van der Waals surface area (Å²) in [5.41, 5.74) is -1.14. The van der Waals surface area contributed by atoms with E-state index in [1.54, 1.807) is 33.8 Å². The molecule has 4 atom stereocenters. The number of methoxy groups -OCH3 is 1. The van der Waals surface area contributed by atoms with Crippen LogP contribution in [0.2, 0.25) is 0 Å². The molecule has 2 heterocycles. The van der Waals surface area contributed by atoms with E-state index in [-0.39, 0.29) is 33.7 Å². The Morgan fingerprint density at radius 3 is 2.56 bits per heavy atom. The smallest absolute Gasteiger partial charge is 0.349 e. The first kappa shape index (κ1) is 24.0. The lowest BCUT2D eigenvalue weighted by Crippen LogP contribution is -2.63. The first-order valence-electron chi connectivity index (χ1n) is 10.2. The van der Waals surface area contributed by atoms with Gasteiger partial charge in [-0.05, 0) is 46.8 Å². The molecule has 10 heteroatoms. The highest BCUT2D eigenvalue weighted by Crippen LogP contribution is 2.36. The molecule has 32 heavy (non-hydrogen) atoms. The van der Waals surface area contributed by atoms with Gasteiger partial charge in [-0.2, -0.15) is 0 Å². The number of hydrogen-bond acceptors (Lipinski definition) is 10. The standard InChI is InChI=1S/C22H29NO9/c1-7-29-23-11(3)14-15(24)12-8-9-13(10(2)18(12)31-20(14)27)30-21-17(26)16(25)19(28-6)22(4,5)32-21/h8-9,16-17,19,21,24-26H,7H2,1-6H3/t16-,17+,19+,21+/m0/s1. The van der Waals surface area contributed by atoms with Gasteiger partial charge in [0, 0.05) is 12.7 Å². The van der Waals surface area contributed by atoms with Gasteiger partial charge < -0.3 is 38.8 Å². The van der Waals surface area contributed by atoms with Crippen molar-refractivity contribution in [2.24, 2.45) is 5.16 Å². The molecule has 0 unspecified atom stereocenters. The Kier molecular flexibility index (Phi) is 6.80. The summed E-state index contributed by atoms with van der Waals surface area (Å²) in [4.78, 5) is 17.5. The van der Waals surface area contributed by atoms with E-state index in [4.69, 9.17) is 23.5 Å². The highest BCUT2D eigenvalue weighted by Gasteiger charge is 2.50. The molecule has 1 fully saturated rings. The fourth-order valence-corrected chi connectivity index (χ4v) is 3.85. The zero-order valence-electron chi connectivity index (χ0n) is 18.9. The molecule has 0 spiro atoms. The van der Waals surface area contributed by atoms with E-state index >= 15 is 0 Å². The number of aromatic hydroxyl groups is 1. The quantitative estimate of drug-likeness (QED) is 0.341. The molecule has 2 aromatic rings. The highest BCUT2D eigenvalue weighted by molar-refractivity contribution is 6.04. The minimum atomic E-state index is -1.39. The Morgan fingerprint density at radius 1 is 1.25 bits per heavy atom. The van der Waals surface area contributed by atoms with Crippen LogP contribution in [0.5, 0.6) is 11.5 Å². The van der Waals surface area contributed by atoms with Crippen LogP contribution in [0.1, 0.15) is 38.8 Å². The lowest BCUT2D eigenvalue weighted by atomic mass is 9.89. The fraction of sp³-hybridized carbons (Fsp3) is 0.545. The molecule has 1 aliphatic heterocycles. The number of aryl methyl sites for hydroxylation is 1. The summed E-state index contributed by atoms with van der Waals surface area (Å²) in [6.07, 6.45) is -4.59. The molecule has 1 aromatic carbocycles. The zero-order chi connectivity index (χ0) is 23.8. The van der Waals surface area contributed by atoms with Crippen LogP contribution in [-0.4, -0.2) is 65.0 Å². The minimum absolute atomic E-state index is 0.0967. The average Bonchev–Trinajstić information content (AvgIpc) is 2.72. The van der Waals surface area contributed by atoms with Crippen LogP contribution in [-0.2, 0) is 14.3 Å². The second-order valence-electron chi connectivity index (χ2n) is 8.12. The molecule has 0 amide bonds. The minimum Gasteiger partial charge on any atom is -0.506 e. The van der Waals surface area contributed by atoms with E-state index < -0.39 is 35.8 Å². The van der Waals surface area contributed by atoms with E-state index in [1.807, 2.05) is 0 Å². The monoisotopic (exact) mass is 451 g/mol. The third kappa shape index (κ3) is 4.18. The van der Waals surface area contributed by atoms with Crippen LogP contribution in [0.25, 0.3) is 11.0 Å². The molecule has 1 aliphatic rings. The molecule has 1 aromatic heterocycles. The lowest BCUT2D eigenvalue weighted by molar-refractivity contribution is -0.306. The molecule has 0 radical (unpaired) electrons. The summed E-state index contributed by atoms with van der Waals surface area (Å²) in [7, 11) is 1.42. The molecular formula is C22H29NO9. The topological polar surface area (TPSA) is 140 Å². The maximum absolute atomic E-state index is 12.5. The van der Waals surface area contributed by atoms with Crippen molar-refractivity contribution in [3.05, 3.63) is 33.7 Å². The van der Waals surface area contributed by atoms with Gasteiger partial charge in [-0.25, -0.2) is 4.79 Å². The first-order chi connectivity index (χ1) is 15.0. The summed E-state index contributed by atoms with van der Waals surface area (Å²) in [5.74, 6) is -0.0456. The van der Waals surface area contributed by atoms with Gasteiger partial charge in [-0.15, -0.1) is 0 Å². The number of ether oxygens (including phenoxy) is 3. The Labute approximate surface area is 185 Å². The van der Waals surface area contributed by atoms with Gasteiger partial charge in [0.25, 0.3) is 0 Å². The molecule has 10 nitrogen and oxygen atoms in total. The SMILES string of the molecule is CCON=C(C)c1c(O)c2ccc(O[C@@H]3OC(C)(C)[C@H](OC)[C@@H](O)[C@H]3O)c(C)c2oc1=O. The predicted octanol–water partition coefficient (Wildman–Crippen LogP) is 1.82. The molecule has 3 rings (SSSR count). The normalized spacial score (nSPS) is 25.7. The number of hydrogen-bond donors (Lipinski definition) is 3. The zero-order valence-corrected chi connectivity index (χ0v) is 18.9. The van der Waals surface area contributed by atoms with Gasteiger partial charge in [0.2, 0.25) is 6.29 Å². The van der Waals surface area contributed by atoms with Crippen molar-refractivity contribution in [1.29, 1.82) is 0 Å². The van der Waals surface area contributed by atoms with Crippen LogP contribution >= 0.6 is 0 Å². The van der Waals surface area contributed by atoms with Crippen LogP contribution in [0.15, 0.2) is 26.5 Å². The van der Waals surface area contributed by atoms with Crippen molar-refractivity contribution in [3.8, 4) is 11.5 Å². The van der Waals surface area contributed by atoms with Crippen molar-refractivity contribution in [2.45, 2.75) is 64.8 Å². The lowest BCUT2D eigenvalue weighted by Gasteiger charge is -2.46. The summed E-state index contributed by atoms with van der Waals surface area (Å²) in [6, 6.07) is 3.07. The molecular weight excluding hydrogens is 422 g/mol. The van der Waals surface area contributed by atoms with E-state index in [0.29, 0.717) is 12.2 Å². The third-order valence-corrected chi connectivity index (χ3v) is 5.48. The largest absolute Gasteiger partial charge is 0.506 e. The van der Waals surface area contributed by atoms with Crippen molar-refractivity contribution >= 4 is 16.7 Å². The van der Waals surface area contributed by atoms with Gasteiger partial charge >= 0.3 is 5.63 Å². The number of nitrogens with zero attached hydrogens (tertiary/aromatic N) is 1. The van der Waals surface area contributed by atoms with Gasteiger partial charge in [0.15, 0.2) is 0 Å². The maximum atomic E-state index is 12.5. The maximum Gasteiger partial charge on any atom is 0.349 e. The summed E-state index contributed by atoms with van der Waals surface area (Å²) in [6.45, 7) is 8.64. The molecule has 176 valence electrons. The summed E-state index contributed by atoms with van der Waals surface area (Å²) in [5, 5.41) is 35.7. The van der Waals surface area contributed by atoms with Gasteiger partial charge in [-0.3, -0.25) is 0 Å². The van der Waals surface area contributed by atoms with E-state index in [2.05, 4.69) is 5.16 Å². The van der Waals surface area contributed by atoms with Crippen molar-refractivity contribution in [2.75, 3.05) is 13.7 Å². The Hall–Kier alpha value is -2.66. The summed E-state index contributed by atoms with van der Waals surface area (Å²) < 4.78 is 22.4. The Balaban J connectivity index is 2.00. The van der Waals surface area contributed by atoms with Gasteiger partial charge in [-0.1, -0.05) is 5.16 Å². The number of rotatable bonds is 6. The Morgan fingerprint density at radius 2 is 1.94 bits per heavy atom. The van der Waals surface area contributed by atoms with Gasteiger partial charge in [0.05, 0.1) is 16.7 Å². The molecule has 0 aliphatic carbocycles. The van der Waals surface area contributed by atoms with Crippen molar-refractivity contribution in [1.82, 2.24) is 0 Å². The highest BCUT2D eigenvalue weighted by atomic mass is 16.7. The first-order valence-corrected chi connectivity index (χ1v) is 10.2. The van der Waals surface area contributed by atoms with Crippen LogP contribution in [0.4, 0.5) is 0 Å². The molecule has 3 N–H and O–H groups in total.